The maximum Gasteiger partial charge on any atom is 0.411 e. The van der Waals surface area contributed by atoms with Gasteiger partial charge in [0.1, 0.15) is 5.65 Å². The lowest BCUT2D eigenvalue weighted by Gasteiger charge is -2.14. The highest BCUT2D eigenvalue weighted by molar-refractivity contribution is 9.10. The van der Waals surface area contributed by atoms with Gasteiger partial charge in [-0.15, -0.1) is 0 Å². The number of nitrogens with one attached hydrogen (secondary N) is 1. The summed E-state index contributed by atoms with van der Waals surface area (Å²) in [5.41, 5.74) is 1.63. The van der Waals surface area contributed by atoms with Gasteiger partial charge in [-0.05, 0) is 28.1 Å². The van der Waals surface area contributed by atoms with Crippen LogP contribution in [0.25, 0.3) is 21.9 Å². The van der Waals surface area contributed by atoms with Gasteiger partial charge in [-0.1, -0.05) is 23.2 Å². The number of carboxylic acid groups (broad SMARTS) is 1. The van der Waals surface area contributed by atoms with Gasteiger partial charge >= 0.3 is 6.09 Å². The van der Waals surface area contributed by atoms with Crippen LogP contribution < -0.4 is 4.90 Å². The van der Waals surface area contributed by atoms with E-state index in [0.29, 0.717) is 36.8 Å². The predicted octanol–water partition coefficient (Wildman–Crippen LogP) is 4.90. The molecule has 0 bridgehead atoms. The van der Waals surface area contributed by atoms with E-state index in [2.05, 4.69) is 25.9 Å². The summed E-state index contributed by atoms with van der Waals surface area (Å²) in [6, 6.07) is 3.31. The minimum atomic E-state index is -1.09. The van der Waals surface area contributed by atoms with Crippen LogP contribution in [0, 0.1) is 0 Å². The molecular weight excluding hydrogens is 381 g/mol. The number of fused-ring (bicyclic) bond motifs is 3. The lowest BCUT2D eigenvalue weighted by molar-refractivity contribution is 0.203. The van der Waals surface area contributed by atoms with E-state index in [9.17, 15) is 9.90 Å². The molecule has 0 radical (unpaired) electrons. The fourth-order valence-electron chi connectivity index (χ4n) is 2.21. The Kier molecular flexibility index (Phi) is 3.47. The number of aromatic amines is 1. The van der Waals surface area contributed by atoms with Crippen LogP contribution in [0.5, 0.6) is 0 Å². The third-order valence-electron chi connectivity index (χ3n) is 3.22. The van der Waals surface area contributed by atoms with Gasteiger partial charge in [0.05, 0.1) is 20.7 Å². The average Bonchev–Trinajstić information content (AvgIpc) is 2.80. The number of anilines is 1. The fourth-order valence-corrected chi connectivity index (χ4v) is 2.97. The molecule has 2 heterocycles. The Bertz CT molecular complexity index is 894. The maximum absolute atomic E-state index is 11.2. The van der Waals surface area contributed by atoms with Crippen molar-refractivity contribution in [2.24, 2.45) is 0 Å². The molecule has 2 aromatic heterocycles. The maximum atomic E-state index is 11.2. The first-order valence-corrected chi connectivity index (χ1v) is 7.36. The van der Waals surface area contributed by atoms with Gasteiger partial charge in [0.15, 0.2) is 0 Å². The molecule has 1 amide bonds. The quantitative estimate of drug-likeness (QED) is 0.622. The zero-order valence-electron chi connectivity index (χ0n) is 10.6. The first-order valence-electron chi connectivity index (χ1n) is 5.81. The normalized spacial score (nSPS) is 11.2. The van der Waals surface area contributed by atoms with Gasteiger partial charge in [0, 0.05) is 29.0 Å². The molecule has 0 atom stereocenters. The van der Waals surface area contributed by atoms with Gasteiger partial charge in [-0.3, -0.25) is 4.90 Å². The van der Waals surface area contributed by atoms with Crippen LogP contribution in [-0.4, -0.2) is 28.2 Å². The highest BCUT2D eigenvalue weighted by Crippen LogP contribution is 2.39. The number of pyridine rings is 1. The average molecular weight is 389 g/mol. The van der Waals surface area contributed by atoms with Crippen molar-refractivity contribution in [1.82, 2.24) is 9.97 Å². The summed E-state index contributed by atoms with van der Waals surface area (Å²) in [7, 11) is 1.45. The van der Waals surface area contributed by atoms with E-state index in [4.69, 9.17) is 23.2 Å². The smallest absolute Gasteiger partial charge is 0.411 e. The van der Waals surface area contributed by atoms with Crippen molar-refractivity contribution in [3.63, 3.8) is 0 Å². The van der Waals surface area contributed by atoms with Crippen molar-refractivity contribution in [1.29, 1.82) is 0 Å². The Labute approximate surface area is 137 Å². The highest BCUT2D eigenvalue weighted by Gasteiger charge is 2.19. The number of amides is 1. The number of halogens is 3. The van der Waals surface area contributed by atoms with Crippen LogP contribution in [0.4, 0.5) is 10.5 Å². The van der Waals surface area contributed by atoms with E-state index in [-0.39, 0.29) is 0 Å². The minimum Gasteiger partial charge on any atom is -0.465 e. The van der Waals surface area contributed by atoms with Crippen molar-refractivity contribution in [2.75, 3.05) is 11.9 Å². The molecule has 0 aliphatic rings. The molecule has 0 spiro atoms. The first kappa shape index (κ1) is 14.4. The fraction of sp³-hybridized carbons (Fsp3) is 0.0769. The van der Waals surface area contributed by atoms with Crippen LogP contribution in [0.1, 0.15) is 0 Å². The molecule has 0 aliphatic carbocycles. The monoisotopic (exact) mass is 387 g/mol. The number of hydrogen-bond acceptors (Lipinski definition) is 2. The number of nitrogens with zero attached hydrogens (tertiary/aromatic N) is 2. The van der Waals surface area contributed by atoms with Crippen molar-refractivity contribution in [3.8, 4) is 0 Å². The van der Waals surface area contributed by atoms with Gasteiger partial charge in [0.25, 0.3) is 0 Å². The number of hydrogen-bond donors (Lipinski definition) is 2. The molecule has 3 rings (SSSR count). The zero-order chi connectivity index (χ0) is 15.3. The van der Waals surface area contributed by atoms with Crippen molar-refractivity contribution < 1.29 is 9.90 Å². The molecule has 3 aromatic rings. The summed E-state index contributed by atoms with van der Waals surface area (Å²) in [6.45, 7) is 0. The van der Waals surface area contributed by atoms with Crippen LogP contribution in [-0.2, 0) is 0 Å². The number of carbonyl (C=O) groups is 1. The lowest BCUT2D eigenvalue weighted by Crippen LogP contribution is -2.24. The summed E-state index contributed by atoms with van der Waals surface area (Å²) in [4.78, 5) is 19.7. The summed E-state index contributed by atoms with van der Waals surface area (Å²) >= 11 is 15.8. The topological polar surface area (TPSA) is 69.2 Å². The third kappa shape index (κ3) is 2.23. The van der Waals surface area contributed by atoms with Crippen molar-refractivity contribution in [2.45, 2.75) is 0 Å². The van der Waals surface area contributed by atoms with E-state index in [1.54, 1.807) is 18.3 Å². The van der Waals surface area contributed by atoms with Crippen LogP contribution in [0.15, 0.2) is 22.8 Å². The van der Waals surface area contributed by atoms with Crippen LogP contribution >= 0.6 is 39.1 Å². The van der Waals surface area contributed by atoms with Gasteiger partial charge < -0.3 is 10.1 Å². The predicted molar refractivity (Wildman–Crippen MR) is 87.7 cm³/mol. The zero-order valence-corrected chi connectivity index (χ0v) is 13.7. The SMILES string of the molecule is CN(C(=O)O)c1cc(Cl)cc2c1[nH]c1ncc(Br)c(Cl)c12. The van der Waals surface area contributed by atoms with Crippen molar-refractivity contribution in [3.05, 3.63) is 32.8 Å². The van der Waals surface area contributed by atoms with Gasteiger partial charge in [-0.2, -0.15) is 0 Å². The molecule has 0 unspecified atom stereocenters. The Balaban J connectivity index is 2.47. The number of rotatable bonds is 1. The molecule has 1 aromatic carbocycles. The van der Waals surface area contributed by atoms with E-state index in [0.717, 1.165) is 10.3 Å². The minimum absolute atomic E-state index is 0.419. The molecule has 2 N–H and O–H groups in total. The summed E-state index contributed by atoms with van der Waals surface area (Å²) in [5, 5.41) is 11.5. The lowest BCUT2D eigenvalue weighted by atomic mass is 10.1. The van der Waals surface area contributed by atoms with Crippen LogP contribution in [0.2, 0.25) is 10.0 Å². The van der Waals surface area contributed by atoms with Crippen LogP contribution in [0.3, 0.4) is 0 Å². The van der Waals surface area contributed by atoms with E-state index < -0.39 is 6.09 Å². The largest absolute Gasteiger partial charge is 0.465 e. The molecular formula is C13H8BrCl2N3O2. The van der Waals surface area contributed by atoms with E-state index in [1.165, 1.54) is 7.05 Å². The first-order chi connectivity index (χ1) is 9.90. The highest BCUT2D eigenvalue weighted by atomic mass is 79.9. The molecule has 0 aliphatic heterocycles. The van der Waals surface area contributed by atoms with E-state index >= 15 is 0 Å². The summed E-state index contributed by atoms with van der Waals surface area (Å²) in [6.07, 6.45) is 0.500. The van der Waals surface area contributed by atoms with E-state index in [1.807, 2.05) is 0 Å². The molecule has 8 heteroatoms. The molecule has 21 heavy (non-hydrogen) atoms. The number of benzene rings is 1. The number of H-pyrrole nitrogens is 1. The summed E-state index contributed by atoms with van der Waals surface area (Å²) < 4.78 is 0.658. The molecule has 0 saturated heterocycles. The molecule has 5 nitrogen and oxygen atoms in total. The summed E-state index contributed by atoms with van der Waals surface area (Å²) in [5.74, 6) is 0. The van der Waals surface area contributed by atoms with Gasteiger partial charge in [-0.25, -0.2) is 9.78 Å². The Hall–Kier alpha value is -1.50. The molecule has 0 fully saturated rings. The Morgan fingerprint density at radius 3 is 2.81 bits per heavy atom. The second-order valence-corrected chi connectivity index (χ2v) is 6.13. The Morgan fingerprint density at radius 2 is 2.14 bits per heavy atom. The van der Waals surface area contributed by atoms with Gasteiger partial charge in [0.2, 0.25) is 0 Å². The second-order valence-electron chi connectivity index (χ2n) is 4.46. The Morgan fingerprint density at radius 1 is 1.43 bits per heavy atom. The number of aromatic nitrogens is 2. The molecule has 108 valence electrons. The standard InChI is InChI=1S/C13H8BrCl2N3O2/c1-19(13(20)21)8-3-5(15)2-6-9-10(16)7(14)4-17-12(9)18-11(6)8/h2-4H,1H3,(H,17,18)(H,20,21). The molecule has 0 saturated carbocycles. The second kappa shape index (κ2) is 5.05. The third-order valence-corrected chi connectivity index (χ3v) is 4.66. The van der Waals surface area contributed by atoms with Crippen molar-refractivity contribution >= 4 is 72.8 Å².